The summed E-state index contributed by atoms with van der Waals surface area (Å²) in [7, 11) is 1.64. The van der Waals surface area contributed by atoms with Crippen molar-refractivity contribution in [2.75, 3.05) is 7.11 Å². The van der Waals surface area contributed by atoms with Gasteiger partial charge in [0.2, 0.25) is 0 Å². The Balaban J connectivity index is 1.77. The van der Waals surface area contributed by atoms with Gasteiger partial charge in [0, 0.05) is 15.6 Å². The molecule has 4 heteroatoms. The summed E-state index contributed by atoms with van der Waals surface area (Å²) in [6, 6.07) is 12.9. The number of benzene rings is 2. The zero-order valence-electron chi connectivity index (χ0n) is 11.0. The molecule has 0 fully saturated rings. The van der Waals surface area contributed by atoms with Crippen LogP contribution in [-0.2, 0) is 6.61 Å². The van der Waals surface area contributed by atoms with Crippen LogP contribution < -0.4 is 9.47 Å². The zero-order valence-corrected chi connectivity index (χ0v) is 11.8. The molecule has 0 bridgehead atoms. The second kappa shape index (κ2) is 5.43. The maximum atomic E-state index is 9.57. The standard InChI is InChI=1S/C16H14O3S/c1-18-13-3-5-14(6-4-13)19-9-11-10-20-16-7-2-12(17)8-15(11)16/h2-8,10,17H,9H2,1H3. The third-order valence-electron chi connectivity index (χ3n) is 3.09. The quantitative estimate of drug-likeness (QED) is 0.781. The first-order valence-corrected chi connectivity index (χ1v) is 7.10. The Hall–Kier alpha value is -2.20. The number of hydrogen-bond donors (Lipinski definition) is 1. The van der Waals surface area contributed by atoms with E-state index in [4.69, 9.17) is 9.47 Å². The number of fused-ring (bicyclic) bond motifs is 1. The molecule has 0 radical (unpaired) electrons. The van der Waals surface area contributed by atoms with Gasteiger partial charge < -0.3 is 14.6 Å². The van der Waals surface area contributed by atoms with Gasteiger partial charge in [-0.3, -0.25) is 0 Å². The fourth-order valence-corrected chi connectivity index (χ4v) is 2.94. The van der Waals surface area contributed by atoms with E-state index in [0.29, 0.717) is 6.61 Å². The van der Waals surface area contributed by atoms with E-state index in [1.54, 1.807) is 30.6 Å². The van der Waals surface area contributed by atoms with Crippen LogP contribution in [0.5, 0.6) is 17.2 Å². The fourth-order valence-electron chi connectivity index (χ4n) is 2.01. The third-order valence-corrected chi connectivity index (χ3v) is 4.10. The molecule has 102 valence electrons. The minimum absolute atomic E-state index is 0.279. The van der Waals surface area contributed by atoms with Crippen LogP contribution in [0, 0.1) is 0 Å². The molecule has 0 spiro atoms. The molecule has 2 aromatic carbocycles. The Labute approximate surface area is 121 Å². The maximum Gasteiger partial charge on any atom is 0.120 e. The Kier molecular flexibility index (Phi) is 3.48. The summed E-state index contributed by atoms with van der Waals surface area (Å²) in [5.74, 6) is 1.88. The molecule has 0 aliphatic carbocycles. The molecular weight excluding hydrogens is 272 g/mol. The van der Waals surface area contributed by atoms with E-state index in [-0.39, 0.29) is 5.75 Å². The van der Waals surface area contributed by atoms with E-state index in [1.165, 1.54) is 0 Å². The average molecular weight is 286 g/mol. The monoisotopic (exact) mass is 286 g/mol. The molecule has 1 N–H and O–H groups in total. The van der Waals surface area contributed by atoms with E-state index in [9.17, 15) is 5.11 Å². The van der Waals surface area contributed by atoms with Gasteiger partial charge in [0.05, 0.1) is 7.11 Å². The van der Waals surface area contributed by atoms with Gasteiger partial charge in [-0.05, 0) is 47.8 Å². The molecule has 1 aromatic heterocycles. The number of thiophene rings is 1. The summed E-state index contributed by atoms with van der Waals surface area (Å²) in [5.41, 5.74) is 1.08. The van der Waals surface area contributed by atoms with Gasteiger partial charge in [-0.1, -0.05) is 0 Å². The van der Waals surface area contributed by atoms with Crippen molar-refractivity contribution in [3.63, 3.8) is 0 Å². The first-order valence-electron chi connectivity index (χ1n) is 6.22. The zero-order chi connectivity index (χ0) is 13.9. The van der Waals surface area contributed by atoms with Crippen LogP contribution in [0.1, 0.15) is 5.56 Å². The van der Waals surface area contributed by atoms with E-state index in [0.717, 1.165) is 27.1 Å². The summed E-state index contributed by atoms with van der Waals surface area (Å²) in [6.07, 6.45) is 0. The summed E-state index contributed by atoms with van der Waals surface area (Å²) < 4.78 is 12.0. The lowest BCUT2D eigenvalue weighted by atomic mass is 10.2. The SMILES string of the molecule is COc1ccc(OCc2csc3ccc(O)cc23)cc1. The number of rotatable bonds is 4. The highest BCUT2D eigenvalue weighted by Crippen LogP contribution is 2.30. The number of methoxy groups -OCH3 is 1. The Bertz CT molecular complexity index is 716. The van der Waals surface area contributed by atoms with Crippen LogP contribution >= 0.6 is 11.3 Å². The highest BCUT2D eigenvalue weighted by molar-refractivity contribution is 7.17. The molecule has 0 saturated carbocycles. The highest BCUT2D eigenvalue weighted by Gasteiger charge is 2.06. The second-order valence-corrected chi connectivity index (χ2v) is 5.32. The van der Waals surface area contributed by atoms with Gasteiger partial charge in [0.1, 0.15) is 23.9 Å². The smallest absolute Gasteiger partial charge is 0.120 e. The van der Waals surface area contributed by atoms with E-state index >= 15 is 0 Å². The van der Waals surface area contributed by atoms with E-state index in [1.807, 2.05) is 30.3 Å². The number of phenolic OH excluding ortho intramolecular Hbond substituents is 1. The fraction of sp³-hybridized carbons (Fsp3) is 0.125. The Morgan fingerprint density at radius 3 is 2.55 bits per heavy atom. The number of hydrogen-bond acceptors (Lipinski definition) is 4. The average Bonchev–Trinajstić information content (AvgIpc) is 2.88. The third kappa shape index (κ3) is 2.56. The van der Waals surface area contributed by atoms with Gasteiger partial charge in [0.15, 0.2) is 0 Å². The minimum Gasteiger partial charge on any atom is -0.508 e. The van der Waals surface area contributed by atoms with Crippen LogP contribution in [-0.4, -0.2) is 12.2 Å². The molecule has 0 amide bonds. The Morgan fingerprint density at radius 2 is 1.80 bits per heavy atom. The van der Waals surface area contributed by atoms with Gasteiger partial charge in [-0.15, -0.1) is 11.3 Å². The van der Waals surface area contributed by atoms with Crippen LogP contribution in [0.4, 0.5) is 0 Å². The first-order chi connectivity index (χ1) is 9.76. The summed E-state index contributed by atoms with van der Waals surface area (Å²) in [6.45, 7) is 0.482. The predicted octanol–water partition coefficient (Wildman–Crippen LogP) is 4.19. The van der Waals surface area contributed by atoms with Crippen molar-refractivity contribution in [3.05, 3.63) is 53.4 Å². The van der Waals surface area contributed by atoms with Gasteiger partial charge in [0.25, 0.3) is 0 Å². The molecule has 1 heterocycles. The Morgan fingerprint density at radius 1 is 1.05 bits per heavy atom. The van der Waals surface area contributed by atoms with Crippen LogP contribution in [0.25, 0.3) is 10.1 Å². The molecule has 3 nitrogen and oxygen atoms in total. The molecule has 0 aliphatic heterocycles. The van der Waals surface area contributed by atoms with E-state index in [2.05, 4.69) is 5.38 Å². The molecule has 0 atom stereocenters. The van der Waals surface area contributed by atoms with Crippen molar-refractivity contribution in [1.29, 1.82) is 0 Å². The molecule has 3 aromatic rings. The van der Waals surface area contributed by atoms with E-state index < -0.39 is 0 Å². The summed E-state index contributed by atoms with van der Waals surface area (Å²) >= 11 is 1.65. The predicted molar refractivity (Wildman–Crippen MR) is 80.8 cm³/mol. The lowest BCUT2D eigenvalue weighted by Crippen LogP contribution is -1.94. The van der Waals surface area contributed by atoms with Crippen molar-refractivity contribution < 1.29 is 14.6 Å². The van der Waals surface area contributed by atoms with Crippen LogP contribution in [0.15, 0.2) is 47.8 Å². The van der Waals surface area contributed by atoms with Crippen molar-refractivity contribution in [3.8, 4) is 17.2 Å². The van der Waals surface area contributed by atoms with Gasteiger partial charge in [-0.25, -0.2) is 0 Å². The van der Waals surface area contributed by atoms with Gasteiger partial charge >= 0.3 is 0 Å². The molecule has 0 unspecified atom stereocenters. The summed E-state index contributed by atoms with van der Waals surface area (Å²) in [5, 5.41) is 12.7. The second-order valence-electron chi connectivity index (χ2n) is 4.41. The first kappa shape index (κ1) is 12.8. The van der Waals surface area contributed by atoms with Crippen LogP contribution in [0.3, 0.4) is 0 Å². The lowest BCUT2D eigenvalue weighted by Gasteiger charge is -2.06. The van der Waals surface area contributed by atoms with Crippen molar-refractivity contribution in [2.45, 2.75) is 6.61 Å². The highest BCUT2D eigenvalue weighted by atomic mass is 32.1. The lowest BCUT2D eigenvalue weighted by molar-refractivity contribution is 0.307. The number of ether oxygens (including phenoxy) is 2. The van der Waals surface area contributed by atoms with Crippen molar-refractivity contribution in [2.24, 2.45) is 0 Å². The summed E-state index contributed by atoms with van der Waals surface area (Å²) in [4.78, 5) is 0. The van der Waals surface area contributed by atoms with Crippen molar-refractivity contribution >= 4 is 21.4 Å². The number of phenols is 1. The minimum atomic E-state index is 0.279. The molecule has 20 heavy (non-hydrogen) atoms. The van der Waals surface area contributed by atoms with Crippen molar-refractivity contribution in [1.82, 2.24) is 0 Å². The van der Waals surface area contributed by atoms with Crippen LogP contribution in [0.2, 0.25) is 0 Å². The largest absolute Gasteiger partial charge is 0.508 e. The molecule has 0 aliphatic rings. The molecule has 3 rings (SSSR count). The normalized spacial score (nSPS) is 10.7. The number of aromatic hydroxyl groups is 1. The van der Waals surface area contributed by atoms with Gasteiger partial charge in [-0.2, -0.15) is 0 Å². The molecular formula is C16H14O3S. The topological polar surface area (TPSA) is 38.7 Å². The maximum absolute atomic E-state index is 9.57. The molecule has 0 saturated heterocycles.